The highest BCUT2D eigenvalue weighted by molar-refractivity contribution is 7.80. The molecule has 7 N–H and O–H groups in total. The summed E-state index contributed by atoms with van der Waals surface area (Å²) < 4.78 is 0. The molecular weight excluding hydrogens is 530 g/mol. The molecule has 0 saturated carbocycles. The number of hydrogen-bond donors (Lipinski definition) is 7. The van der Waals surface area contributed by atoms with Gasteiger partial charge in [0, 0.05) is 29.3 Å². The van der Waals surface area contributed by atoms with E-state index in [1.54, 1.807) is 37.4 Å². The second kappa shape index (κ2) is 14.5. The third kappa shape index (κ3) is 8.09. The molecule has 11 heteroatoms. The van der Waals surface area contributed by atoms with E-state index in [-0.39, 0.29) is 24.5 Å². The Morgan fingerprint density at radius 3 is 2.17 bits per heavy atom. The molecule has 0 aliphatic heterocycles. The molecule has 2 aromatic carbocycles. The maximum atomic E-state index is 13.2. The number of carboxylic acids is 1. The van der Waals surface area contributed by atoms with E-state index in [1.165, 1.54) is 0 Å². The van der Waals surface area contributed by atoms with Gasteiger partial charge in [0.15, 0.2) is 0 Å². The lowest BCUT2D eigenvalue weighted by atomic mass is 9.98. The van der Waals surface area contributed by atoms with Gasteiger partial charge >= 0.3 is 5.97 Å². The van der Waals surface area contributed by atoms with Crippen LogP contribution in [-0.4, -0.2) is 63.7 Å². The number of hydrogen-bond acceptors (Lipinski definition) is 6. The van der Waals surface area contributed by atoms with Crippen LogP contribution in [-0.2, 0) is 32.0 Å². The number of aliphatic carboxylic acids is 1. The first kappa shape index (κ1) is 30.7. The lowest BCUT2D eigenvalue weighted by Gasteiger charge is -2.26. The number of H-pyrrole nitrogens is 1. The lowest BCUT2D eigenvalue weighted by Crippen LogP contribution is -2.58. The standard InChI is InChI=1S/C29H37N5O5S/c1-3-17(2)25(29(38)39)34-27(36)23(13-18-9-5-4-6-10-18)32-28(37)24(16-40)33-26(35)21(30)14-19-15-31-22-12-8-7-11-20(19)22/h4-12,15,17,21,23-25,31,40H,3,13-14,16,30H2,1-2H3,(H,32,37)(H,33,35)(H,34,36)(H,38,39). The van der Waals surface area contributed by atoms with E-state index in [1.807, 2.05) is 37.3 Å². The fourth-order valence-electron chi connectivity index (χ4n) is 4.37. The van der Waals surface area contributed by atoms with E-state index in [2.05, 4.69) is 33.6 Å². The summed E-state index contributed by atoms with van der Waals surface area (Å²) in [6.07, 6.45) is 2.72. The first-order valence-corrected chi connectivity index (χ1v) is 13.9. The quantitative estimate of drug-likeness (QED) is 0.147. The van der Waals surface area contributed by atoms with Crippen LogP contribution in [0.5, 0.6) is 0 Å². The van der Waals surface area contributed by atoms with Gasteiger partial charge in [0.05, 0.1) is 6.04 Å². The Bertz CT molecular complexity index is 1310. The molecule has 40 heavy (non-hydrogen) atoms. The van der Waals surface area contributed by atoms with Crippen molar-refractivity contribution < 1.29 is 24.3 Å². The number of fused-ring (bicyclic) bond motifs is 1. The number of benzene rings is 2. The van der Waals surface area contributed by atoms with Crippen molar-refractivity contribution in [3.63, 3.8) is 0 Å². The number of carboxylic acid groups (broad SMARTS) is 1. The molecule has 5 atom stereocenters. The molecule has 3 rings (SSSR count). The van der Waals surface area contributed by atoms with E-state index in [0.29, 0.717) is 6.42 Å². The highest BCUT2D eigenvalue weighted by Crippen LogP contribution is 2.19. The lowest BCUT2D eigenvalue weighted by molar-refractivity contribution is -0.143. The van der Waals surface area contributed by atoms with E-state index in [4.69, 9.17) is 5.73 Å². The van der Waals surface area contributed by atoms with Gasteiger partial charge in [-0.2, -0.15) is 12.6 Å². The van der Waals surface area contributed by atoms with Crippen LogP contribution in [0, 0.1) is 5.92 Å². The molecule has 10 nitrogen and oxygen atoms in total. The number of carbonyl (C=O) groups excluding carboxylic acids is 3. The Balaban J connectivity index is 1.70. The number of rotatable bonds is 14. The maximum absolute atomic E-state index is 13.2. The van der Waals surface area contributed by atoms with Gasteiger partial charge in [-0.1, -0.05) is 68.8 Å². The molecule has 1 aromatic heterocycles. The topological polar surface area (TPSA) is 166 Å². The summed E-state index contributed by atoms with van der Waals surface area (Å²) in [4.78, 5) is 54.3. The zero-order valence-corrected chi connectivity index (χ0v) is 23.5. The second-order valence-electron chi connectivity index (χ2n) is 9.87. The molecular formula is C29H37N5O5S. The van der Waals surface area contributed by atoms with Crippen LogP contribution in [0.4, 0.5) is 0 Å². The van der Waals surface area contributed by atoms with Gasteiger partial charge in [-0.25, -0.2) is 4.79 Å². The molecule has 0 saturated heterocycles. The summed E-state index contributed by atoms with van der Waals surface area (Å²) in [5, 5.41) is 18.5. The van der Waals surface area contributed by atoms with Gasteiger partial charge in [0.25, 0.3) is 0 Å². The molecule has 0 radical (unpaired) electrons. The first-order valence-electron chi connectivity index (χ1n) is 13.2. The molecule has 0 bridgehead atoms. The summed E-state index contributed by atoms with van der Waals surface area (Å²) >= 11 is 4.23. The SMILES string of the molecule is CCC(C)C(NC(=O)C(Cc1ccccc1)NC(=O)C(CS)NC(=O)C(N)Cc1c[nH]c2ccccc12)C(=O)O. The zero-order valence-electron chi connectivity index (χ0n) is 22.6. The number of aromatic amines is 1. The average Bonchev–Trinajstić information content (AvgIpc) is 3.36. The molecule has 3 aromatic rings. The van der Waals surface area contributed by atoms with Crippen molar-refractivity contribution in [2.45, 2.75) is 57.3 Å². The number of aromatic nitrogens is 1. The molecule has 1 heterocycles. The van der Waals surface area contributed by atoms with Crippen LogP contribution in [0.25, 0.3) is 10.9 Å². The van der Waals surface area contributed by atoms with Gasteiger partial charge < -0.3 is 31.8 Å². The summed E-state index contributed by atoms with van der Waals surface area (Å²) in [5.74, 6) is -3.32. The Morgan fingerprint density at radius 2 is 1.52 bits per heavy atom. The highest BCUT2D eigenvalue weighted by Gasteiger charge is 2.32. The predicted octanol–water partition coefficient (Wildman–Crippen LogP) is 1.80. The van der Waals surface area contributed by atoms with Gasteiger partial charge in [-0.05, 0) is 29.5 Å². The van der Waals surface area contributed by atoms with Gasteiger partial charge in [-0.3, -0.25) is 14.4 Å². The number of para-hydroxylation sites is 1. The van der Waals surface area contributed by atoms with E-state index in [9.17, 15) is 24.3 Å². The Hall–Kier alpha value is -3.83. The van der Waals surface area contributed by atoms with Gasteiger partial charge in [-0.15, -0.1) is 0 Å². The van der Waals surface area contributed by atoms with Crippen molar-refractivity contribution in [2.75, 3.05) is 5.75 Å². The van der Waals surface area contributed by atoms with Crippen LogP contribution in [0.1, 0.15) is 31.4 Å². The van der Waals surface area contributed by atoms with Gasteiger partial charge in [0.2, 0.25) is 17.7 Å². The first-order chi connectivity index (χ1) is 19.1. The average molecular weight is 568 g/mol. The van der Waals surface area contributed by atoms with Crippen LogP contribution in [0.3, 0.4) is 0 Å². The van der Waals surface area contributed by atoms with Crippen LogP contribution >= 0.6 is 12.6 Å². The van der Waals surface area contributed by atoms with Crippen molar-refractivity contribution in [1.29, 1.82) is 0 Å². The van der Waals surface area contributed by atoms with Crippen molar-refractivity contribution in [2.24, 2.45) is 11.7 Å². The molecule has 0 aliphatic rings. The van der Waals surface area contributed by atoms with Crippen molar-refractivity contribution >= 4 is 47.2 Å². The largest absolute Gasteiger partial charge is 0.480 e. The fourth-order valence-corrected chi connectivity index (χ4v) is 4.63. The zero-order chi connectivity index (χ0) is 29.2. The fraction of sp³-hybridized carbons (Fsp3) is 0.379. The summed E-state index contributed by atoms with van der Waals surface area (Å²) in [7, 11) is 0. The number of carbonyl (C=O) groups is 4. The highest BCUT2D eigenvalue weighted by atomic mass is 32.1. The van der Waals surface area contributed by atoms with E-state index >= 15 is 0 Å². The Kier molecular flexibility index (Phi) is 11.2. The molecule has 0 fully saturated rings. The Morgan fingerprint density at radius 1 is 0.900 bits per heavy atom. The van der Waals surface area contributed by atoms with Gasteiger partial charge in [0.1, 0.15) is 18.1 Å². The predicted molar refractivity (Wildman–Crippen MR) is 157 cm³/mol. The number of nitrogens with one attached hydrogen (secondary N) is 4. The van der Waals surface area contributed by atoms with Crippen LogP contribution in [0.2, 0.25) is 0 Å². The van der Waals surface area contributed by atoms with Crippen molar-refractivity contribution in [3.05, 3.63) is 71.9 Å². The summed E-state index contributed by atoms with van der Waals surface area (Å²) in [5.41, 5.74) is 8.75. The minimum absolute atomic E-state index is 0.0400. The number of nitrogens with two attached hydrogens (primary N) is 1. The molecule has 5 unspecified atom stereocenters. The maximum Gasteiger partial charge on any atom is 0.326 e. The van der Waals surface area contributed by atoms with Crippen LogP contribution < -0.4 is 21.7 Å². The minimum Gasteiger partial charge on any atom is -0.480 e. The molecule has 0 aliphatic carbocycles. The third-order valence-corrected chi connectivity index (χ3v) is 7.32. The van der Waals surface area contributed by atoms with Crippen molar-refractivity contribution in [1.82, 2.24) is 20.9 Å². The summed E-state index contributed by atoms with van der Waals surface area (Å²) in [6, 6.07) is 12.5. The Labute approximate surface area is 238 Å². The third-order valence-electron chi connectivity index (χ3n) is 6.96. The van der Waals surface area contributed by atoms with E-state index in [0.717, 1.165) is 22.0 Å². The molecule has 3 amide bonds. The van der Waals surface area contributed by atoms with Crippen LogP contribution in [0.15, 0.2) is 60.8 Å². The second-order valence-corrected chi connectivity index (χ2v) is 10.2. The number of thiol groups is 1. The number of amides is 3. The van der Waals surface area contributed by atoms with Crippen molar-refractivity contribution in [3.8, 4) is 0 Å². The van der Waals surface area contributed by atoms with E-state index < -0.39 is 47.9 Å². The normalized spacial score (nSPS) is 14.9. The smallest absolute Gasteiger partial charge is 0.326 e. The monoisotopic (exact) mass is 567 g/mol. The minimum atomic E-state index is -1.16. The summed E-state index contributed by atoms with van der Waals surface area (Å²) in [6.45, 7) is 3.56. The molecule has 0 spiro atoms. The molecule has 214 valence electrons.